The molecule has 1 heterocycles. The Kier molecular flexibility index (Phi) is 3.84. The van der Waals surface area contributed by atoms with Crippen molar-refractivity contribution in [3.8, 4) is 11.4 Å². The summed E-state index contributed by atoms with van der Waals surface area (Å²) in [6.45, 7) is 0. The lowest BCUT2D eigenvalue weighted by Gasteiger charge is -2.01. The second-order valence-electron chi connectivity index (χ2n) is 4.48. The zero-order valence-electron chi connectivity index (χ0n) is 11.2. The predicted molar refractivity (Wildman–Crippen MR) is 81.2 cm³/mol. The van der Waals surface area contributed by atoms with E-state index in [0.29, 0.717) is 22.0 Å². The first-order valence-electron chi connectivity index (χ1n) is 6.37. The fourth-order valence-electron chi connectivity index (χ4n) is 1.86. The minimum Gasteiger partial charge on any atom is -0.289 e. The highest BCUT2D eigenvalue weighted by Crippen LogP contribution is 2.17. The Hall–Kier alpha value is -2.73. The van der Waals surface area contributed by atoms with Crippen LogP contribution >= 0.6 is 11.6 Å². The molecule has 0 spiro atoms. The van der Waals surface area contributed by atoms with Gasteiger partial charge in [0.15, 0.2) is 5.82 Å². The van der Waals surface area contributed by atoms with Gasteiger partial charge in [-0.15, -0.1) is 5.10 Å². The van der Waals surface area contributed by atoms with Gasteiger partial charge in [-0.3, -0.25) is 15.2 Å². The number of aromatic amines is 1. The topological polar surface area (TPSA) is 70.7 Å². The molecular weight excluding hydrogens is 307 g/mol. The molecule has 3 rings (SSSR count). The van der Waals surface area contributed by atoms with Gasteiger partial charge < -0.3 is 0 Å². The molecular formula is C15H10ClFN4O. The number of carbonyl (C=O) groups excluding carboxylic acids is 1. The second kappa shape index (κ2) is 5.95. The molecule has 2 aromatic carbocycles. The first-order valence-corrected chi connectivity index (χ1v) is 6.75. The number of hydrogen-bond acceptors (Lipinski definition) is 3. The lowest BCUT2D eigenvalue weighted by molar-refractivity contribution is 0.102. The van der Waals surface area contributed by atoms with E-state index < -0.39 is 0 Å². The Morgan fingerprint density at radius 1 is 1.18 bits per heavy atom. The number of nitrogens with zero attached hydrogens (tertiary/aromatic N) is 2. The van der Waals surface area contributed by atoms with Gasteiger partial charge in [-0.05, 0) is 42.5 Å². The molecule has 0 aliphatic carbocycles. The predicted octanol–water partition coefficient (Wildman–Crippen LogP) is 3.52. The maximum atomic E-state index is 12.9. The summed E-state index contributed by atoms with van der Waals surface area (Å²) in [5.41, 5.74) is 1.07. The van der Waals surface area contributed by atoms with E-state index >= 15 is 0 Å². The molecule has 0 bridgehead atoms. The molecule has 0 radical (unpaired) electrons. The Labute approximate surface area is 130 Å². The SMILES string of the molecule is O=C(Nc1n[nH]c(-c2ccc(F)cc2)n1)c1cccc(Cl)c1. The van der Waals surface area contributed by atoms with Gasteiger partial charge in [-0.25, -0.2) is 4.39 Å². The zero-order valence-corrected chi connectivity index (χ0v) is 11.9. The molecule has 0 saturated carbocycles. The fraction of sp³-hybridized carbons (Fsp3) is 0. The molecule has 3 aromatic rings. The highest BCUT2D eigenvalue weighted by Gasteiger charge is 2.11. The Bertz CT molecular complexity index is 816. The van der Waals surface area contributed by atoms with E-state index in [-0.39, 0.29) is 17.7 Å². The van der Waals surface area contributed by atoms with Gasteiger partial charge in [0, 0.05) is 16.1 Å². The first-order chi connectivity index (χ1) is 10.6. The normalized spacial score (nSPS) is 10.5. The largest absolute Gasteiger partial charge is 0.289 e. The van der Waals surface area contributed by atoms with E-state index in [1.807, 2.05) is 0 Å². The highest BCUT2D eigenvalue weighted by atomic mass is 35.5. The van der Waals surface area contributed by atoms with E-state index in [4.69, 9.17) is 11.6 Å². The number of nitrogens with one attached hydrogen (secondary N) is 2. The van der Waals surface area contributed by atoms with Gasteiger partial charge in [-0.1, -0.05) is 17.7 Å². The van der Waals surface area contributed by atoms with Crippen LogP contribution in [0.5, 0.6) is 0 Å². The molecule has 5 nitrogen and oxygen atoms in total. The Morgan fingerprint density at radius 2 is 1.95 bits per heavy atom. The van der Waals surface area contributed by atoms with Crippen molar-refractivity contribution in [1.29, 1.82) is 0 Å². The van der Waals surface area contributed by atoms with Crippen molar-refractivity contribution in [3.05, 3.63) is 64.9 Å². The molecule has 0 aliphatic rings. The van der Waals surface area contributed by atoms with Crippen LogP contribution in [-0.2, 0) is 0 Å². The number of halogens is 2. The zero-order chi connectivity index (χ0) is 15.5. The van der Waals surface area contributed by atoms with Gasteiger partial charge in [0.05, 0.1) is 0 Å². The van der Waals surface area contributed by atoms with Crippen LogP contribution in [0.15, 0.2) is 48.5 Å². The third kappa shape index (κ3) is 3.12. The quantitative estimate of drug-likeness (QED) is 0.776. The van der Waals surface area contributed by atoms with E-state index in [2.05, 4.69) is 20.5 Å². The number of hydrogen-bond donors (Lipinski definition) is 2. The number of rotatable bonds is 3. The second-order valence-corrected chi connectivity index (χ2v) is 4.92. The summed E-state index contributed by atoms with van der Waals surface area (Å²) in [4.78, 5) is 16.2. The number of carbonyl (C=O) groups is 1. The van der Waals surface area contributed by atoms with Crippen molar-refractivity contribution in [2.75, 3.05) is 5.32 Å². The molecule has 110 valence electrons. The Balaban J connectivity index is 1.77. The van der Waals surface area contributed by atoms with Gasteiger partial charge in [0.1, 0.15) is 5.82 Å². The molecule has 22 heavy (non-hydrogen) atoms. The van der Waals surface area contributed by atoms with Crippen molar-refractivity contribution in [1.82, 2.24) is 15.2 Å². The van der Waals surface area contributed by atoms with Crippen LogP contribution in [0.4, 0.5) is 10.3 Å². The molecule has 1 aromatic heterocycles. The van der Waals surface area contributed by atoms with Crippen LogP contribution in [0, 0.1) is 5.82 Å². The summed E-state index contributed by atoms with van der Waals surface area (Å²) in [5.74, 6) is -0.143. The summed E-state index contributed by atoms with van der Waals surface area (Å²) in [6, 6.07) is 12.3. The monoisotopic (exact) mass is 316 g/mol. The van der Waals surface area contributed by atoms with Crippen molar-refractivity contribution in [2.24, 2.45) is 0 Å². The number of H-pyrrole nitrogens is 1. The maximum absolute atomic E-state index is 12.9. The first kappa shape index (κ1) is 14.2. The molecule has 7 heteroatoms. The molecule has 0 fully saturated rings. The van der Waals surface area contributed by atoms with Gasteiger partial charge in [0.25, 0.3) is 5.91 Å². The molecule has 0 unspecified atom stereocenters. The number of aromatic nitrogens is 3. The van der Waals surface area contributed by atoms with Crippen molar-refractivity contribution >= 4 is 23.5 Å². The van der Waals surface area contributed by atoms with Crippen LogP contribution in [-0.4, -0.2) is 21.1 Å². The van der Waals surface area contributed by atoms with E-state index in [9.17, 15) is 9.18 Å². The maximum Gasteiger partial charge on any atom is 0.258 e. The third-order valence-electron chi connectivity index (χ3n) is 2.92. The summed E-state index contributed by atoms with van der Waals surface area (Å²) < 4.78 is 12.9. The summed E-state index contributed by atoms with van der Waals surface area (Å²) in [7, 11) is 0. The van der Waals surface area contributed by atoms with Crippen LogP contribution < -0.4 is 5.32 Å². The van der Waals surface area contributed by atoms with Gasteiger partial charge in [-0.2, -0.15) is 4.98 Å². The van der Waals surface area contributed by atoms with E-state index in [1.165, 1.54) is 12.1 Å². The van der Waals surface area contributed by atoms with E-state index in [0.717, 1.165) is 0 Å². The third-order valence-corrected chi connectivity index (χ3v) is 3.15. The Morgan fingerprint density at radius 3 is 2.68 bits per heavy atom. The number of benzene rings is 2. The standard InChI is InChI=1S/C15H10ClFN4O/c16-11-3-1-2-10(8-11)14(22)19-15-18-13(20-21-15)9-4-6-12(17)7-5-9/h1-8H,(H2,18,19,20,21,22). The highest BCUT2D eigenvalue weighted by molar-refractivity contribution is 6.31. The molecule has 2 N–H and O–H groups in total. The lowest BCUT2D eigenvalue weighted by Crippen LogP contribution is -2.12. The van der Waals surface area contributed by atoms with Crippen molar-refractivity contribution in [3.63, 3.8) is 0 Å². The molecule has 0 saturated heterocycles. The van der Waals surface area contributed by atoms with Crippen LogP contribution in [0.3, 0.4) is 0 Å². The van der Waals surface area contributed by atoms with E-state index in [1.54, 1.807) is 36.4 Å². The molecule has 1 amide bonds. The van der Waals surface area contributed by atoms with Crippen LogP contribution in [0.2, 0.25) is 5.02 Å². The smallest absolute Gasteiger partial charge is 0.258 e. The summed E-state index contributed by atoms with van der Waals surface area (Å²) in [5, 5.41) is 9.62. The summed E-state index contributed by atoms with van der Waals surface area (Å²) >= 11 is 5.84. The average molecular weight is 317 g/mol. The van der Waals surface area contributed by atoms with Gasteiger partial charge >= 0.3 is 0 Å². The number of anilines is 1. The summed E-state index contributed by atoms with van der Waals surface area (Å²) in [6.07, 6.45) is 0. The van der Waals surface area contributed by atoms with Crippen molar-refractivity contribution < 1.29 is 9.18 Å². The number of amides is 1. The molecule has 0 aliphatic heterocycles. The van der Waals surface area contributed by atoms with Crippen molar-refractivity contribution in [2.45, 2.75) is 0 Å². The lowest BCUT2D eigenvalue weighted by atomic mass is 10.2. The average Bonchev–Trinajstić information content (AvgIpc) is 2.96. The minimum atomic E-state index is -0.368. The van der Waals surface area contributed by atoms with Gasteiger partial charge in [0.2, 0.25) is 5.95 Å². The molecule has 0 atom stereocenters. The van der Waals surface area contributed by atoms with Crippen LogP contribution in [0.1, 0.15) is 10.4 Å². The van der Waals surface area contributed by atoms with Crippen LogP contribution in [0.25, 0.3) is 11.4 Å². The fourth-order valence-corrected chi connectivity index (χ4v) is 2.05. The minimum absolute atomic E-state index is 0.129.